The molecule has 0 aromatic heterocycles. The minimum atomic E-state index is 0.821. The van der Waals surface area contributed by atoms with E-state index in [1.807, 2.05) is 29.6 Å². The Labute approximate surface area is 86.3 Å². The summed E-state index contributed by atoms with van der Waals surface area (Å²) >= 11 is 0. The summed E-state index contributed by atoms with van der Waals surface area (Å²) in [5, 5.41) is 1.83. The van der Waals surface area contributed by atoms with Crippen LogP contribution in [-0.4, -0.2) is 6.61 Å². The lowest BCUT2D eigenvalue weighted by atomic mass is 10.2. The average Bonchev–Trinajstić information content (AvgIpc) is 2.25. The highest BCUT2D eigenvalue weighted by Crippen LogP contribution is 2.12. The van der Waals surface area contributed by atoms with Crippen molar-refractivity contribution >= 4 is 5.69 Å². The third-order valence-corrected chi connectivity index (χ3v) is 2.13. The van der Waals surface area contributed by atoms with E-state index in [1.54, 1.807) is 0 Å². The fourth-order valence-corrected chi connectivity index (χ4v) is 1.24. The van der Waals surface area contributed by atoms with Gasteiger partial charge in [-0.15, -0.1) is 7.05 Å². The molecule has 0 saturated heterocycles. The number of nitrogens with two attached hydrogens (primary N) is 1. The van der Waals surface area contributed by atoms with Gasteiger partial charge in [0, 0.05) is 12.1 Å². The van der Waals surface area contributed by atoms with Crippen LogP contribution in [0.5, 0.6) is 5.75 Å². The van der Waals surface area contributed by atoms with Crippen molar-refractivity contribution in [3.63, 3.8) is 0 Å². The molecular weight excluding hydrogens is 174 g/mol. The summed E-state index contributed by atoms with van der Waals surface area (Å²) in [6.45, 7) is 3.01. The third kappa shape index (κ3) is 3.79. The zero-order valence-electron chi connectivity index (χ0n) is 8.83. The summed E-state index contributed by atoms with van der Waals surface area (Å²) < 4.78 is 5.57. The molecule has 0 fully saturated rings. The van der Waals surface area contributed by atoms with Gasteiger partial charge in [-0.3, -0.25) is 0 Å². The normalized spacial score (nSPS) is 10.1. The van der Waals surface area contributed by atoms with Crippen LogP contribution in [0.25, 0.3) is 0 Å². The maximum atomic E-state index is 5.57. The van der Waals surface area contributed by atoms with Crippen molar-refractivity contribution in [2.24, 2.45) is 0 Å². The van der Waals surface area contributed by atoms with Crippen LogP contribution in [0.4, 0.5) is 5.69 Å². The Balaban J connectivity index is 2.29. The van der Waals surface area contributed by atoms with Crippen LogP contribution in [0.15, 0.2) is 24.3 Å². The molecule has 0 heterocycles. The van der Waals surface area contributed by atoms with Gasteiger partial charge in [0.2, 0.25) is 0 Å². The second kappa shape index (κ2) is 6.44. The molecule has 2 heteroatoms. The standard InChI is InChI=1S/C12H19NO/c1-3-4-5-10-14-12-8-6-11(13-2)7-9-12/h6-9H,2-5,10,13H2,1H3. The summed E-state index contributed by atoms with van der Waals surface area (Å²) in [4.78, 5) is 0. The van der Waals surface area contributed by atoms with Crippen LogP contribution in [0.2, 0.25) is 0 Å². The maximum Gasteiger partial charge on any atom is 0.119 e. The second-order valence-corrected chi connectivity index (χ2v) is 3.33. The van der Waals surface area contributed by atoms with Gasteiger partial charge >= 0.3 is 0 Å². The van der Waals surface area contributed by atoms with Crippen LogP contribution >= 0.6 is 0 Å². The molecule has 1 aromatic rings. The molecule has 0 aliphatic rings. The van der Waals surface area contributed by atoms with E-state index in [4.69, 9.17) is 4.74 Å². The quantitative estimate of drug-likeness (QED) is 0.418. The van der Waals surface area contributed by atoms with Crippen molar-refractivity contribution in [2.45, 2.75) is 26.2 Å². The largest absolute Gasteiger partial charge is 0.494 e. The number of unbranched alkanes of at least 4 members (excludes halogenated alkanes) is 2. The summed E-state index contributed by atoms with van der Waals surface area (Å²) in [5.74, 6) is 0.951. The molecule has 2 nitrogen and oxygen atoms in total. The lowest BCUT2D eigenvalue weighted by Crippen LogP contribution is -2.69. The Morgan fingerprint density at radius 1 is 1.21 bits per heavy atom. The van der Waals surface area contributed by atoms with E-state index in [2.05, 4.69) is 14.0 Å². The minimum absolute atomic E-state index is 0.821. The fraction of sp³-hybridized carbons (Fsp3) is 0.417. The first-order chi connectivity index (χ1) is 6.86. The zero-order valence-corrected chi connectivity index (χ0v) is 8.83. The Kier molecular flexibility index (Phi) is 5.08. The second-order valence-electron chi connectivity index (χ2n) is 3.33. The summed E-state index contributed by atoms with van der Waals surface area (Å²) in [5.41, 5.74) is 1.13. The predicted octanol–water partition coefficient (Wildman–Crippen LogP) is 2.24. The predicted molar refractivity (Wildman–Crippen MR) is 58.4 cm³/mol. The number of ether oxygens (including phenoxy) is 1. The van der Waals surface area contributed by atoms with Crippen molar-refractivity contribution in [3.05, 3.63) is 31.3 Å². The molecule has 0 radical (unpaired) electrons. The van der Waals surface area contributed by atoms with Gasteiger partial charge in [0.1, 0.15) is 11.4 Å². The van der Waals surface area contributed by atoms with E-state index >= 15 is 0 Å². The SMILES string of the molecule is [CH2-][NH2+]c1ccc(OCCCCC)cc1. The van der Waals surface area contributed by atoms with Gasteiger partial charge < -0.3 is 10.1 Å². The highest BCUT2D eigenvalue weighted by molar-refractivity contribution is 5.35. The van der Waals surface area contributed by atoms with Crippen molar-refractivity contribution in [3.8, 4) is 5.75 Å². The highest BCUT2D eigenvalue weighted by atomic mass is 16.5. The number of hydrogen-bond acceptors (Lipinski definition) is 1. The smallest absolute Gasteiger partial charge is 0.119 e. The van der Waals surface area contributed by atoms with Crippen molar-refractivity contribution < 1.29 is 10.1 Å². The Morgan fingerprint density at radius 2 is 1.93 bits per heavy atom. The molecule has 14 heavy (non-hydrogen) atoms. The highest BCUT2D eigenvalue weighted by Gasteiger charge is 1.94. The van der Waals surface area contributed by atoms with Crippen LogP contribution in [0.1, 0.15) is 26.2 Å². The van der Waals surface area contributed by atoms with Gasteiger partial charge in [0.15, 0.2) is 0 Å². The fourth-order valence-electron chi connectivity index (χ4n) is 1.24. The lowest BCUT2D eigenvalue weighted by molar-refractivity contribution is -0.504. The van der Waals surface area contributed by atoms with Crippen molar-refractivity contribution in [2.75, 3.05) is 6.61 Å². The Bertz CT molecular complexity index is 243. The van der Waals surface area contributed by atoms with E-state index < -0.39 is 0 Å². The van der Waals surface area contributed by atoms with Crippen LogP contribution in [0.3, 0.4) is 0 Å². The molecular formula is C12H19NO. The van der Waals surface area contributed by atoms with Gasteiger partial charge in [-0.1, -0.05) is 19.8 Å². The summed E-state index contributed by atoms with van der Waals surface area (Å²) in [7, 11) is 3.71. The molecule has 1 rings (SSSR count). The van der Waals surface area contributed by atoms with Crippen LogP contribution in [0, 0.1) is 7.05 Å². The summed E-state index contributed by atoms with van der Waals surface area (Å²) in [6, 6.07) is 8.01. The maximum absolute atomic E-state index is 5.57. The van der Waals surface area contributed by atoms with Gasteiger partial charge in [-0.2, -0.15) is 0 Å². The third-order valence-electron chi connectivity index (χ3n) is 2.13. The number of rotatable bonds is 6. The van der Waals surface area contributed by atoms with Crippen molar-refractivity contribution in [1.29, 1.82) is 0 Å². The first-order valence-corrected chi connectivity index (χ1v) is 5.22. The zero-order chi connectivity index (χ0) is 10.2. The van der Waals surface area contributed by atoms with Gasteiger partial charge in [-0.25, -0.2) is 0 Å². The van der Waals surface area contributed by atoms with E-state index in [0.717, 1.165) is 24.5 Å². The lowest BCUT2D eigenvalue weighted by Gasteiger charge is -2.06. The summed E-state index contributed by atoms with van der Waals surface area (Å²) in [6.07, 6.45) is 3.61. The topological polar surface area (TPSA) is 25.8 Å². The molecule has 0 aliphatic heterocycles. The van der Waals surface area contributed by atoms with Crippen LogP contribution in [-0.2, 0) is 0 Å². The van der Waals surface area contributed by atoms with E-state index in [9.17, 15) is 0 Å². The van der Waals surface area contributed by atoms with Crippen molar-refractivity contribution in [1.82, 2.24) is 0 Å². The molecule has 1 aromatic carbocycles. The Hall–Kier alpha value is -1.02. The van der Waals surface area contributed by atoms with E-state index in [0.29, 0.717) is 0 Å². The minimum Gasteiger partial charge on any atom is -0.494 e. The van der Waals surface area contributed by atoms with Gasteiger partial charge in [0.05, 0.1) is 6.61 Å². The number of benzene rings is 1. The number of quaternary nitrogens is 1. The van der Waals surface area contributed by atoms with E-state index in [1.165, 1.54) is 12.8 Å². The molecule has 0 aliphatic carbocycles. The average molecular weight is 193 g/mol. The molecule has 0 atom stereocenters. The molecule has 0 saturated carbocycles. The molecule has 0 unspecified atom stereocenters. The molecule has 0 bridgehead atoms. The number of hydrogen-bond donors (Lipinski definition) is 1. The van der Waals surface area contributed by atoms with E-state index in [-0.39, 0.29) is 0 Å². The molecule has 0 amide bonds. The van der Waals surface area contributed by atoms with Crippen LogP contribution < -0.4 is 10.1 Å². The molecule has 2 N–H and O–H groups in total. The van der Waals surface area contributed by atoms with Gasteiger partial charge in [-0.05, 0) is 18.6 Å². The first-order valence-electron chi connectivity index (χ1n) is 5.22. The Morgan fingerprint density at radius 3 is 2.50 bits per heavy atom. The molecule has 0 spiro atoms. The monoisotopic (exact) mass is 193 g/mol. The van der Waals surface area contributed by atoms with Gasteiger partial charge in [0.25, 0.3) is 0 Å². The molecule has 78 valence electrons. The first kappa shape index (κ1) is 11.1.